The van der Waals surface area contributed by atoms with Crippen LogP contribution in [-0.2, 0) is 16.6 Å². The van der Waals surface area contributed by atoms with Crippen molar-refractivity contribution in [3.63, 3.8) is 0 Å². The molecular weight excluding hydrogens is 264 g/mol. The van der Waals surface area contributed by atoms with Crippen molar-refractivity contribution in [3.05, 3.63) is 12.4 Å². The molecule has 7 heteroatoms. The molecule has 1 aromatic heterocycles. The number of sulfonamides is 1. The largest absolute Gasteiger partial charge is 0.315 e. The molecule has 0 amide bonds. The van der Waals surface area contributed by atoms with E-state index in [1.54, 1.807) is 10.9 Å². The fraction of sp³-hybridized carbons (Fsp3) is 0.750. The van der Waals surface area contributed by atoms with E-state index in [2.05, 4.69) is 22.1 Å². The average Bonchev–Trinajstić information content (AvgIpc) is 2.82. The van der Waals surface area contributed by atoms with E-state index in [1.807, 2.05) is 13.8 Å². The maximum atomic E-state index is 11.9. The molecule has 0 aromatic carbocycles. The Labute approximate surface area is 115 Å². The molecule has 19 heavy (non-hydrogen) atoms. The summed E-state index contributed by atoms with van der Waals surface area (Å²) in [6.07, 6.45) is 4.04. The third-order valence-corrected chi connectivity index (χ3v) is 3.92. The standard InChI is InChI=1S/C12H24N4O2S/c1-4-5-13-6-7-16-10-12(9-14-16)19(17,18)15-8-11(2)3/h9-11,13,15H,4-8H2,1-3H3. The quantitative estimate of drug-likeness (QED) is 0.660. The lowest BCUT2D eigenvalue weighted by atomic mass is 10.2. The van der Waals surface area contributed by atoms with E-state index in [1.165, 1.54) is 6.20 Å². The molecule has 1 heterocycles. The monoisotopic (exact) mass is 288 g/mol. The van der Waals surface area contributed by atoms with Crippen LogP contribution in [0, 0.1) is 5.92 Å². The van der Waals surface area contributed by atoms with Crippen LogP contribution in [0.3, 0.4) is 0 Å². The Hall–Kier alpha value is -0.920. The fourth-order valence-corrected chi connectivity index (χ4v) is 2.63. The lowest BCUT2D eigenvalue weighted by Gasteiger charge is -2.06. The minimum atomic E-state index is -3.42. The van der Waals surface area contributed by atoms with Gasteiger partial charge in [0.25, 0.3) is 0 Å². The van der Waals surface area contributed by atoms with E-state index >= 15 is 0 Å². The minimum Gasteiger partial charge on any atom is -0.315 e. The molecule has 0 saturated carbocycles. The number of aromatic nitrogens is 2. The molecule has 2 N–H and O–H groups in total. The Morgan fingerprint density at radius 3 is 2.74 bits per heavy atom. The molecular formula is C12H24N4O2S. The van der Waals surface area contributed by atoms with Gasteiger partial charge in [-0.25, -0.2) is 13.1 Å². The van der Waals surface area contributed by atoms with Gasteiger partial charge in [0, 0.05) is 19.3 Å². The summed E-state index contributed by atoms with van der Waals surface area (Å²) in [6, 6.07) is 0. The summed E-state index contributed by atoms with van der Waals surface area (Å²) in [7, 11) is -3.42. The highest BCUT2D eigenvalue weighted by atomic mass is 32.2. The highest BCUT2D eigenvalue weighted by Gasteiger charge is 2.16. The Bertz CT molecular complexity index is 468. The average molecular weight is 288 g/mol. The van der Waals surface area contributed by atoms with Gasteiger partial charge in [0.15, 0.2) is 0 Å². The molecule has 0 saturated heterocycles. The molecule has 0 unspecified atom stereocenters. The van der Waals surface area contributed by atoms with Crippen LogP contribution in [-0.4, -0.2) is 37.8 Å². The Morgan fingerprint density at radius 2 is 2.11 bits per heavy atom. The van der Waals surface area contributed by atoms with Crippen LogP contribution in [0.1, 0.15) is 27.2 Å². The number of hydrogen-bond acceptors (Lipinski definition) is 4. The van der Waals surface area contributed by atoms with Gasteiger partial charge in [-0.05, 0) is 18.9 Å². The number of nitrogens with one attached hydrogen (secondary N) is 2. The van der Waals surface area contributed by atoms with Gasteiger partial charge in [-0.1, -0.05) is 20.8 Å². The number of hydrogen-bond donors (Lipinski definition) is 2. The van der Waals surface area contributed by atoms with Gasteiger partial charge < -0.3 is 5.32 Å². The van der Waals surface area contributed by atoms with Crippen molar-refractivity contribution in [2.45, 2.75) is 38.6 Å². The maximum Gasteiger partial charge on any atom is 0.243 e. The molecule has 110 valence electrons. The van der Waals surface area contributed by atoms with E-state index in [9.17, 15) is 8.42 Å². The van der Waals surface area contributed by atoms with Crippen molar-refractivity contribution < 1.29 is 8.42 Å². The second-order valence-corrected chi connectivity index (χ2v) is 6.70. The molecule has 0 atom stereocenters. The lowest BCUT2D eigenvalue weighted by Crippen LogP contribution is -2.27. The van der Waals surface area contributed by atoms with E-state index < -0.39 is 10.0 Å². The Balaban J connectivity index is 2.53. The number of nitrogens with zero attached hydrogens (tertiary/aromatic N) is 2. The summed E-state index contributed by atoms with van der Waals surface area (Å²) in [4.78, 5) is 0.226. The molecule has 0 bridgehead atoms. The normalized spacial score (nSPS) is 12.2. The van der Waals surface area contributed by atoms with Crippen LogP contribution in [0.25, 0.3) is 0 Å². The Morgan fingerprint density at radius 1 is 1.37 bits per heavy atom. The van der Waals surface area contributed by atoms with Crippen molar-refractivity contribution in [2.24, 2.45) is 5.92 Å². The second-order valence-electron chi connectivity index (χ2n) is 4.93. The van der Waals surface area contributed by atoms with Crippen molar-refractivity contribution in [1.29, 1.82) is 0 Å². The first kappa shape index (κ1) is 16.1. The summed E-state index contributed by atoms with van der Waals surface area (Å²) >= 11 is 0. The first-order valence-electron chi connectivity index (χ1n) is 6.68. The van der Waals surface area contributed by atoms with Crippen LogP contribution in [0.2, 0.25) is 0 Å². The maximum absolute atomic E-state index is 11.9. The SMILES string of the molecule is CCCNCCn1cc(S(=O)(=O)NCC(C)C)cn1. The summed E-state index contributed by atoms with van der Waals surface area (Å²) in [6.45, 7) is 8.88. The van der Waals surface area contributed by atoms with E-state index in [-0.39, 0.29) is 10.8 Å². The van der Waals surface area contributed by atoms with Crippen molar-refractivity contribution in [3.8, 4) is 0 Å². The van der Waals surface area contributed by atoms with Gasteiger partial charge in [-0.2, -0.15) is 5.10 Å². The van der Waals surface area contributed by atoms with Gasteiger partial charge in [0.05, 0.1) is 12.7 Å². The zero-order valence-electron chi connectivity index (χ0n) is 11.9. The van der Waals surface area contributed by atoms with Gasteiger partial charge >= 0.3 is 0 Å². The molecule has 0 aliphatic carbocycles. The van der Waals surface area contributed by atoms with Crippen LogP contribution in [0.5, 0.6) is 0 Å². The van der Waals surface area contributed by atoms with Crippen molar-refractivity contribution >= 4 is 10.0 Å². The number of rotatable bonds is 9. The van der Waals surface area contributed by atoms with Crippen LogP contribution in [0.15, 0.2) is 17.3 Å². The fourth-order valence-electron chi connectivity index (χ4n) is 1.46. The first-order valence-corrected chi connectivity index (χ1v) is 8.17. The van der Waals surface area contributed by atoms with Gasteiger partial charge in [0.1, 0.15) is 4.90 Å². The smallest absolute Gasteiger partial charge is 0.243 e. The first-order chi connectivity index (χ1) is 8.95. The van der Waals surface area contributed by atoms with E-state index in [0.29, 0.717) is 13.1 Å². The predicted molar refractivity (Wildman–Crippen MR) is 75.4 cm³/mol. The molecule has 1 aromatic rings. The molecule has 0 radical (unpaired) electrons. The van der Waals surface area contributed by atoms with E-state index in [0.717, 1.165) is 19.5 Å². The highest BCUT2D eigenvalue weighted by Crippen LogP contribution is 2.07. The van der Waals surface area contributed by atoms with Crippen LogP contribution in [0.4, 0.5) is 0 Å². The molecule has 1 rings (SSSR count). The predicted octanol–water partition coefficient (Wildman–Crippen LogP) is 0.817. The zero-order chi connectivity index (χ0) is 14.3. The topological polar surface area (TPSA) is 76.0 Å². The van der Waals surface area contributed by atoms with Crippen molar-refractivity contribution in [1.82, 2.24) is 19.8 Å². The van der Waals surface area contributed by atoms with Gasteiger partial charge in [0.2, 0.25) is 10.0 Å². The van der Waals surface area contributed by atoms with Gasteiger partial charge in [-0.15, -0.1) is 0 Å². The van der Waals surface area contributed by atoms with Crippen molar-refractivity contribution in [2.75, 3.05) is 19.6 Å². The molecule has 0 spiro atoms. The highest BCUT2D eigenvalue weighted by molar-refractivity contribution is 7.89. The molecule has 0 fully saturated rings. The summed E-state index contributed by atoms with van der Waals surface area (Å²) in [5.41, 5.74) is 0. The molecule has 6 nitrogen and oxygen atoms in total. The zero-order valence-corrected chi connectivity index (χ0v) is 12.7. The Kier molecular flexibility index (Phi) is 6.47. The summed E-state index contributed by atoms with van der Waals surface area (Å²) in [5.74, 6) is 0.281. The van der Waals surface area contributed by atoms with Crippen LogP contribution < -0.4 is 10.0 Å². The molecule has 0 aliphatic rings. The van der Waals surface area contributed by atoms with Crippen LogP contribution >= 0.6 is 0 Å². The second kappa shape index (κ2) is 7.62. The lowest BCUT2D eigenvalue weighted by molar-refractivity contribution is 0.550. The van der Waals surface area contributed by atoms with E-state index in [4.69, 9.17) is 0 Å². The summed E-state index contributed by atoms with van der Waals surface area (Å²) in [5, 5.41) is 7.31. The summed E-state index contributed by atoms with van der Waals surface area (Å²) < 4.78 is 28.1. The third-order valence-electron chi connectivity index (χ3n) is 2.55. The van der Waals surface area contributed by atoms with Gasteiger partial charge in [-0.3, -0.25) is 4.68 Å². The third kappa shape index (κ3) is 5.71. The minimum absolute atomic E-state index is 0.226. The molecule has 0 aliphatic heterocycles.